The van der Waals surface area contributed by atoms with Crippen molar-refractivity contribution >= 4 is 29.8 Å². The molecule has 0 aromatic carbocycles. The van der Waals surface area contributed by atoms with Crippen LogP contribution < -0.4 is 0 Å². The number of allylic oxidation sites excluding steroid dienone is 1. The molecular formula is C14H10O8. The van der Waals surface area contributed by atoms with Gasteiger partial charge in [-0.3, -0.25) is 19.2 Å². The van der Waals surface area contributed by atoms with Gasteiger partial charge in [0.15, 0.2) is 0 Å². The van der Waals surface area contributed by atoms with E-state index in [4.69, 9.17) is 0 Å². The minimum Gasteiger partial charge on any atom is -0.466 e. The van der Waals surface area contributed by atoms with E-state index >= 15 is 0 Å². The van der Waals surface area contributed by atoms with Crippen LogP contribution in [0.15, 0.2) is 11.6 Å². The normalized spacial score (nSPS) is 41.6. The van der Waals surface area contributed by atoms with Gasteiger partial charge in [0, 0.05) is 17.4 Å². The van der Waals surface area contributed by atoms with Crippen LogP contribution in [-0.2, 0) is 38.2 Å². The van der Waals surface area contributed by atoms with Crippen LogP contribution in [-0.4, -0.2) is 37.0 Å². The van der Waals surface area contributed by atoms with Crippen molar-refractivity contribution in [1.29, 1.82) is 0 Å². The Hall–Kier alpha value is -2.51. The van der Waals surface area contributed by atoms with Gasteiger partial charge in [0.05, 0.1) is 30.8 Å². The Morgan fingerprint density at radius 3 is 1.77 bits per heavy atom. The number of carbonyl (C=O) groups is 5. The van der Waals surface area contributed by atoms with E-state index in [-0.39, 0.29) is 5.57 Å². The highest BCUT2D eigenvalue weighted by Gasteiger charge is 2.70. The number of hydrogen-bond donors (Lipinski definition) is 0. The maximum Gasteiger partial charge on any atom is 0.333 e. The summed E-state index contributed by atoms with van der Waals surface area (Å²) in [5.74, 6) is -8.99. The van der Waals surface area contributed by atoms with Gasteiger partial charge in [-0.05, 0) is 0 Å². The summed E-state index contributed by atoms with van der Waals surface area (Å²) in [7, 11) is 1.18. The molecule has 114 valence electrons. The number of hydrogen-bond acceptors (Lipinski definition) is 8. The van der Waals surface area contributed by atoms with Crippen molar-refractivity contribution in [2.24, 2.45) is 35.5 Å². The van der Waals surface area contributed by atoms with Crippen molar-refractivity contribution in [3.63, 3.8) is 0 Å². The molecule has 3 aliphatic carbocycles. The van der Waals surface area contributed by atoms with E-state index in [0.717, 1.165) is 0 Å². The number of esters is 5. The van der Waals surface area contributed by atoms with Crippen LogP contribution in [0.2, 0.25) is 0 Å². The summed E-state index contributed by atoms with van der Waals surface area (Å²) in [4.78, 5) is 59.7. The SMILES string of the molecule is COC(=O)C1=CC2C3C(=O)OC(=O)C3C1C1C(=O)OC(=O)C21. The Bertz CT molecular complexity index is 647. The van der Waals surface area contributed by atoms with E-state index in [1.165, 1.54) is 13.2 Å². The molecule has 4 unspecified atom stereocenters. The van der Waals surface area contributed by atoms with Crippen LogP contribution in [0.25, 0.3) is 0 Å². The molecule has 4 atom stereocenters. The molecule has 8 heteroatoms. The zero-order chi connectivity index (χ0) is 15.8. The highest BCUT2D eigenvalue weighted by Crippen LogP contribution is 2.59. The van der Waals surface area contributed by atoms with Gasteiger partial charge >= 0.3 is 29.8 Å². The van der Waals surface area contributed by atoms with E-state index < -0.39 is 65.4 Å². The summed E-state index contributed by atoms with van der Waals surface area (Å²) in [6.45, 7) is 0. The van der Waals surface area contributed by atoms with Gasteiger partial charge in [-0.15, -0.1) is 0 Å². The first-order chi connectivity index (χ1) is 10.5. The van der Waals surface area contributed by atoms with E-state index in [2.05, 4.69) is 14.2 Å². The molecule has 0 spiro atoms. The Morgan fingerprint density at radius 1 is 0.864 bits per heavy atom. The van der Waals surface area contributed by atoms with Gasteiger partial charge in [0.2, 0.25) is 0 Å². The molecule has 0 amide bonds. The third-order valence-electron chi connectivity index (χ3n) is 5.02. The van der Waals surface area contributed by atoms with E-state index in [9.17, 15) is 24.0 Å². The van der Waals surface area contributed by atoms with Crippen molar-refractivity contribution in [3.8, 4) is 0 Å². The van der Waals surface area contributed by atoms with Crippen molar-refractivity contribution in [1.82, 2.24) is 0 Å². The standard InChI is InChI=1S/C14H10O8/c1-20-10(15)4-2-3-6-8(13(18)21-11(6)16)5(4)9-7(3)12(17)22-14(9)19/h2-3,5-9H,1H3. The summed E-state index contributed by atoms with van der Waals surface area (Å²) in [5.41, 5.74) is 0.133. The summed E-state index contributed by atoms with van der Waals surface area (Å²) in [6.07, 6.45) is 1.46. The van der Waals surface area contributed by atoms with Crippen molar-refractivity contribution in [2.45, 2.75) is 0 Å². The molecule has 2 bridgehead atoms. The van der Waals surface area contributed by atoms with Crippen LogP contribution in [0.1, 0.15) is 0 Å². The van der Waals surface area contributed by atoms with Crippen LogP contribution >= 0.6 is 0 Å². The van der Waals surface area contributed by atoms with Crippen molar-refractivity contribution in [2.75, 3.05) is 7.11 Å². The number of ether oxygens (including phenoxy) is 3. The largest absolute Gasteiger partial charge is 0.466 e. The molecule has 8 nitrogen and oxygen atoms in total. The average molecular weight is 306 g/mol. The molecule has 22 heavy (non-hydrogen) atoms. The zero-order valence-corrected chi connectivity index (χ0v) is 11.3. The van der Waals surface area contributed by atoms with Crippen LogP contribution in [0.3, 0.4) is 0 Å². The van der Waals surface area contributed by atoms with Gasteiger partial charge in [-0.25, -0.2) is 4.79 Å². The first-order valence-electron chi connectivity index (χ1n) is 6.76. The number of carbonyl (C=O) groups excluding carboxylic acids is 5. The second-order valence-electron chi connectivity index (χ2n) is 5.80. The van der Waals surface area contributed by atoms with Crippen LogP contribution in [0, 0.1) is 35.5 Å². The zero-order valence-electron chi connectivity index (χ0n) is 11.3. The smallest absolute Gasteiger partial charge is 0.333 e. The van der Waals surface area contributed by atoms with Gasteiger partial charge in [-0.2, -0.15) is 0 Å². The Balaban J connectivity index is 1.91. The Labute approximate surface area is 123 Å². The molecule has 3 fully saturated rings. The fraction of sp³-hybridized carbons (Fsp3) is 0.500. The lowest BCUT2D eigenvalue weighted by Crippen LogP contribution is -2.53. The maximum atomic E-state index is 12.0. The van der Waals surface area contributed by atoms with Gasteiger partial charge in [0.25, 0.3) is 0 Å². The first-order valence-corrected chi connectivity index (χ1v) is 6.76. The molecule has 0 aromatic rings. The average Bonchev–Trinajstić information content (AvgIpc) is 2.97. The second kappa shape index (κ2) is 4.02. The predicted octanol–water partition coefficient (Wildman–Crippen LogP) is -1.02. The molecule has 5 aliphatic rings. The van der Waals surface area contributed by atoms with Crippen LogP contribution in [0.4, 0.5) is 0 Å². The third-order valence-corrected chi connectivity index (χ3v) is 5.02. The summed E-state index contributed by atoms with van der Waals surface area (Å²) < 4.78 is 14.0. The lowest BCUT2D eigenvalue weighted by atomic mass is 9.52. The number of rotatable bonds is 1. The molecule has 0 aromatic heterocycles. The summed E-state index contributed by atoms with van der Waals surface area (Å²) in [6, 6.07) is 0. The maximum absolute atomic E-state index is 12.0. The highest BCUT2D eigenvalue weighted by molar-refractivity contribution is 6.05. The summed E-state index contributed by atoms with van der Waals surface area (Å²) in [5, 5.41) is 0. The van der Waals surface area contributed by atoms with E-state index in [0.29, 0.717) is 0 Å². The fourth-order valence-electron chi connectivity index (χ4n) is 4.27. The molecule has 5 rings (SSSR count). The van der Waals surface area contributed by atoms with E-state index in [1.807, 2.05) is 0 Å². The molecule has 0 radical (unpaired) electrons. The highest BCUT2D eigenvalue weighted by atomic mass is 16.6. The molecule has 2 aliphatic heterocycles. The number of methoxy groups -OCH3 is 1. The van der Waals surface area contributed by atoms with Crippen molar-refractivity contribution in [3.05, 3.63) is 11.6 Å². The minimum atomic E-state index is -0.948. The molecule has 1 saturated carbocycles. The minimum absolute atomic E-state index is 0.133. The number of cyclic esters (lactones) is 4. The topological polar surface area (TPSA) is 113 Å². The lowest BCUT2D eigenvalue weighted by molar-refractivity contribution is -0.154. The Morgan fingerprint density at radius 2 is 1.32 bits per heavy atom. The molecule has 2 heterocycles. The summed E-state index contributed by atoms with van der Waals surface area (Å²) >= 11 is 0. The van der Waals surface area contributed by atoms with Gasteiger partial charge in [0.1, 0.15) is 0 Å². The molecule has 0 N–H and O–H groups in total. The lowest BCUT2D eigenvalue weighted by Gasteiger charge is -2.45. The Kier molecular flexibility index (Phi) is 2.41. The first kappa shape index (κ1) is 13.2. The van der Waals surface area contributed by atoms with Crippen molar-refractivity contribution < 1.29 is 38.2 Å². The van der Waals surface area contributed by atoms with Crippen LogP contribution in [0.5, 0.6) is 0 Å². The quantitative estimate of drug-likeness (QED) is 0.343. The van der Waals surface area contributed by atoms with E-state index in [1.54, 1.807) is 0 Å². The fourth-order valence-corrected chi connectivity index (χ4v) is 4.27. The molecular weight excluding hydrogens is 296 g/mol. The third kappa shape index (κ3) is 1.34. The predicted molar refractivity (Wildman–Crippen MR) is 63.2 cm³/mol. The van der Waals surface area contributed by atoms with Gasteiger partial charge in [-0.1, -0.05) is 6.08 Å². The van der Waals surface area contributed by atoms with Gasteiger partial charge < -0.3 is 14.2 Å². The molecule has 2 saturated heterocycles. The second-order valence-corrected chi connectivity index (χ2v) is 5.80. The monoisotopic (exact) mass is 306 g/mol.